The molecule has 0 unspecified atom stereocenters. The maximum atomic E-state index is 7.76. The van der Waals surface area contributed by atoms with Crippen molar-refractivity contribution in [2.24, 2.45) is 0 Å². The third kappa shape index (κ3) is 1.54. The Morgan fingerprint density at radius 1 is 0.947 bits per heavy atom. The minimum atomic E-state index is 0.497. The van der Waals surface area contributed by atoms with Crippen LogP contribution in [0.4, 0.5) is 0 Å². The summed E-state index contributed by atoms with van der Waals surface area (Å²) in [6.07, 6.45) is 3.51. The van der Waals surface area contributed by atoms with E-state index in [0.29, 0.717) is 6.04 Å². The number of benzene rings is 2. The maximum Gasteiger partial charge on any atom is 0.153 e. The molecule has 0 aliphatic carbocycles. The van der Waals surface area contributed by atoms with Crippen LogP contribution in [-0.4, -0.2) is 4.98 Å². The Balaban J connectivity index is 2.10. The Morgan fingerprint density at radius 2 is 1.95 bits per heavy atom. The second kappa shape index (κ2) is 3.95. The molecule has 0 saturated heterocycles. The Hall–Kier alpha value is -2.61. The van der Waals surface area contributed by atoms with Gasteiger partial charge < -0.3 is 4.42 Å². The maximum absolute atomic E-state index is 7.76. The van der Waals surface area contributed by atoms with Gasteiger partial charge in [0.25, 0.3) is 0 Å². The van der Waals surface area contributed by atoms with E-state index in [1.165, 1.54) is 0 Å². The fraction of sp³-hybridized carbons (Fsp3) is 0. The van der Waals surface area contributed by atoms with Gasteiger partial charge in [-0.15, -0.1) is 0 Å². The van der Waals surface area contributed by atoms with Crippen LogP contribution >= 0.6 is 0 Å². The lowest BCUT2D eigenvalue weighted by Crippen LogP contribution is -1.77. The highest BCUT2D eigenvalue weighted by molar-refractivity contribution is 6.09. The predicted octanol–water partition coefficient (Wildman–Crippen LogP) is 4.65. The van der Waals surface area contributed by atoms with Crippen molar-refractivity contribution in [1.29, 1.82) is 0 Å². The van der Waals surface area contributed by atoms with Crippen molar-refractivity contribution in [2.75, 3.05) is 0 Å². The zero-order valence-electron chi connectivity index (χ0n) is 11.1. The fourth-order valence-electron chi connectivity index (χ4n) is 2.44. The molecule has 0 aliphatic heterocycles. The van der Waals surface area contributed by atoms with Crippen molar-refractivity contribution in [2.45, 2.75) is 0 Å². The summed E-state index contributed by atoms with van der Waals surface area (Å²) in [5.74, 6) is 0. The molecule has 2 heteroatoms. The van der Waals surface area contributed by atoms with Crippen molar-refractivity contribution in [3.05, 3.63) is 67.0 Å². The van der Waals surface area contributed by atoms with Crippen molar-refractivity contribution in [3.8, 4) is 11.1 Å². The normalized spacial score (nSPS) is 11.9. The van der Waals surface area contributed by atoms with Gasteiger partial charge in [0, 0.05) is 22.5 Å². The first-order valence-corrected chi connectivity index (χ1v) is 6.15. The van der Waals surface area contributed by atoms with Crippen molar-refractivity contribution in [3.63, 3.8) is 0 Å². The first kappa shape index (κ1) is 9.34. The average molecular weight is 246 g/mol. The third-order valence-electron chi connectivity index (χ3n) is 3.32. The largest absolute Gasteiger partial charge is 0.454 e. The summed E-state index contributed by atoms with van der Waals surface area (Å²) in [7, 11) is 0. The summed E-state index contributed by atoms with van der Waals surface area (Å²) in [6.45, 7) is 0. The summed E-state index contributed by atoms with van der Waals surface area (Å²) in [4.78, 5) is 4.10. The number of aromatic nitrogens is 1. The molecule has 0 amide bonds. The molecule has 0 N–H and O–H groups in total. The second-order valence-electron chi connectivity index (χ2n) is 4.45. The summed E-state index contributed by atoms with van der Waals surface area (Å²) in [5.41, 5.74) is 3.64. The summed E-state index contributed by atoms with van der Waals surface area (Å²) < 4.78 is 13.7. The molecule has 0 atom stereocenters. The monoisotopic (exact) mass is 246 g/mol. The van der Waals surface area contributed by atoms with E-state index >= 15 is 0 Å². The Morgan fingerprint density at radius 3 is 2.89 bits per heavy atom. The molecule has 90 valence electrons. The molecule has 19 heavy (non-hydrogen) atoms. The van der Waals surface area contributed by atoms with Crippen molar-refractivity contribution >= 4 is 21.9 Å². The number of para-hydroxylation sites is 1. The van der Waals surface area contributed by atoms with Gasteiger partial charge >= 0.3 is 0 Å². The molecule has 0 spiro atoms. The van der Waals surface area contributed by atoms with Gasteiger partial charge in [-0.1, -0.05) is 48.5 Å². The molecule has 0 aliphatic rings. The molecule has 2 aromatic heterocycles. The SMILES string of the molecule is [2H]c1cccc(-c2cccc3c2oc2cnccc23)c1. The number of nitrogens with zero attached hydrogens (tertiary/aromatic N) is 1. The fourth-order valence-corrected chi connectivity index (χ4v) is 2.44. The molecule has 4 rings (SSSR count). The predicted molar refractivity (Wildman–Crippen MR) is 77.0 cm³/mol. The van der Waals surface area contributed by atoms with Gasteiger partial charge in [0.2, 0.25) is 0 Å². The molecule has 0 bridgehead atoms. The number of furan rings is 1. The van der Waals surface area contributed by atoms with Crippen LogP contribution in [0.1, 0.15) is 1.37 Å². The molecule has 2 aromatic carbocycles. The molecule has 2 nitrogen and oxygen atoms in total. The lowest BCUT2D eigenvalue weighted by molar-refractivity contribution is 0.668. The molecule has 4 aromatic rings. The second-order valence-corrected chi connectivity index (χ2v) is 4.45. The van der Waals surface area contributed by atoms with Crippen LogP contribution in [0, 0.1) is 0 Å². The first-order chi connectivity index (χ1) is 9.83. The van der Waals surface area contributed by atoms with Crippen LogP contribution in [0.25, 0.3) is 33.1 Å². The molecular weight excluding hydrogens is 234 g/mol. The van der Waals surface area contributed by atoms with Gasteiger partial charge in [-0.05, 0) is 11.6 Å². The molecular formula is C17H11NO. The Bertz CT molecular complexity index is 926. The lowest BCUT2D eigenvalue weighted by Gasteiger charge is -2.01. The number of pyridine rings is 1. The molecule has 2 heterocycles. The number of hydrogen-bond donors (Lipinski definition) is 0. The number of hydrogen-bond acceptors (Lipinski definition) is 2. The highest BCUT2D eigenvalue weighted by atomic mass is 16.3. The standard InChI is InChI=1S/C17H11NO/c1-2-5-12(6-3-1)13-7-4-8-15-14-9-10-18-11-16(14)19-17(13)15/h1-11H/i2D. The highest BCUT2D eigenvalue weighted by Gasteiger charge is 2.11. The lowest BCUT2D eigenvalue weighted by atomic mass is 10.0. The smallest absolute Gasteiger partial charge is 0.153 e. The van der Waals surface area contributed by atoms with Crippen LogP contribution < -0.4 is 0 Å². The summed E-state index contributed by atoms with van der Waals surface area (Å²) in [5, 5.41) is 2.15. The van der Waals surface area contributed by atoms with Gasteiger partial charge in [0.1, 0.15) is 5.58 Å². The van der Waals surface area contributed by atoms with Crippen LogP contribution in [0.2, 0.25) is 0 Å². The van der Waals surface area contributed by atoms with Crippen LogP contribution in [-0.2, 0) is 0 Å². The molecule has 0 saturated carbocycles. The third-order valence-corrected chi connectivity index (χ3v) is 3.32. The van der Waals surface area contributed by atoms with E-state index in [-0.39, 0.29) is 0 Å². The minimum Gasteiger partial charge on any atom is -0.454 e. The van der Waals surface area contributed by atoms with Crippen LogP contribution in [0.3, 0.4) is 0 Å². The van der Waals surface area contributed by atoms with E-state index in [1.807, 2.05) is 36.4 Å². The van der Waals surface area contributed by atoms with Gasteiger partial charge in [-0.2, -0.15) is 0 Å². The highest BCUT2D eigenvalue weighted by Crippen LogP contribution is 2.34. The van der Waals surface area contributed by atoms with Gasteiger partial charge in [0.05, 0.1) is 7.57 Å². The van der Waals surface area contributed by atoms with Crippen molar-refractivity contribution < 1.29 is 5.79 Å². The van der Waals surface area contributed by atoms with E-state index in [1.54, 1.807) is 18.5 Å². The first-order valence-electron chi connectivity index (χ1n) is 6.65. The average Bonchev–Trinajstić information content (AvgIpc) is 2.86. The molecule has 0 fully saturated rings. The topological polar surface area (TPSA) is 26.0 Å². The van der Waals surface area contributed by atoms with E-state index in [9.17, 15) is 0 Å². The Kier molecular flexibility index (Phi) is 1.94. The van der Waals surface area contributed by atoms with Crippen LogP contribution in [0.5, 0.6) is 0 Å². The van der Waals surface area contributed by atoms with Gasteiger partial charge in [-0.3, -0.25) is 4.98 Å². The van der Waals surface area contributed by atoms with Gasteiger partial charge in [-0.25, -0.2) is 0 Å². The van der Waals surface area contributed by atoms with E-state index < -0.39 is 0 Å². The quantitative estimate of drug-likeness (QED) is 0.488. The van der Waals surface area contributed by atoms with Gasteiger partial charge in [0.15, 0.2) is 5.58 Å². The van der Waals surface area contributed by atoms with E-state index in [2.05, 4.69) is 11.1 Å². The number of fused-ring (bicyclic) bond motifs is 3. The zero-order valence-corrected chi connectivity index (χ0v) is 10.1. The molecule has 0 radical (unpaired) electrons. The zero-order chi connectivity index (χ0) is 13.5. The summed E-state index contributed by atoms with van der Waals surface area (Å²) in [6, 6.07) is 16.1. The van der Waals surface area contributed by atoms with Crippen molar-refractivity contribution in [1.82, 2.24) is 4.98 Å². The summed E-state index contributed by atoms with van der Waals surface area (Å²) >= 11 is 0. The number of rotatable bonds is 1. The van der Waals surface area contributed by atoms with E-state index in [4.69, 9.17) is 5.79 Å². The van der Waals surface area contributed by atoms with E-state index in [0.717, 1.165) is 33.1 Å². The van der Waals surface area contributed by atoms with Crippen LogP contribution in [0.15, 0.2) is 71.4 Å². The Labute approximate surface area is 111 Å². The minimum absolute atomic E-state index is 0.497.